The first-order valence-corrected chi connectivity index (χ1v) is 3.49. The number of aromatic nitrogens is 2. The maximum Gasteiger partial charge on any atom is 0.229 e. The van der Waals surface area contributed by atoms with Gasteiger partial charge in [0.1, 0.15) is 6.33 Å². The van der Waals surface area contributed by atoms with Crippen LogP contribution in [0.2, 0.25) is 0 Å². The Labute approximate surface area is 79.1 Å². The van der Waals surface area contributed by atoms with E-state index in [1.54, 1.807) is 0 Å². The maximum absolute atomic E-state index is 10.3. The number of amides is 2. The van der Waals surface area contributed by atoms with Gasteiger partial charge in [-0.2, -0.15) is 0 Å². The molecule has 0 aliphatic heterocycles. The zero-order chi connectivity index (χ0) is 10.6. The Bertz CT molecular complexity index is 314. The largest absolute Gasteiger partial charge is 0.277 e. The maximum atomic E-state index is 10.3. The fraction of sp³-hybridized carbons (Fsp3) is 0. The molecule has 0 unspecified atom stereocenters. The number of hydrogen-bond donors (Lipinski definition) is 2. The highest BCUT2D eigenvalue weighted by atomic mass is 16.1. The average Bonchev–Trinajstić information content (AvgIpc) is 2.27. The van der Waals surface area contributed by atoms with E-state index in [1.165, 1.54) is 6.07 Å². The summed E-state index contributed by atoms with van der Waals surface area (Å²) in [6, 6.07) is 1.29. The van der Waals surface area contributed by atoms with Gasteiger partial charge >= 0.3 is 0 Å². The summed E-state index contributed by atoms with van der Waals surface area (Å²) in [5, 5.41) is 1.48. The quantitative estimate of drug-likeness (QED) is 0.252. The highest BCUT2D eigenvalue weighted by molar-refractivity contribution is 5.75. The second-order valence-electron chi connectivity index (χ2n) is 2.26. The van der Waals surface area contributed by atoms with Gasteiger partial charge in [0.25, 0.3) is 0 Å². The number of rotatable bonds is 4. The lowest BCUT2D eigenvalue weighted by molar-refractivity contribution is -0.108. The van der Waals surface area contributed by atoms with E-state index in [0.717, 1.165) is 16.3 Å². The minimum Gasteiger partial charge on any atom is -0.277 e. The summed E-state index contributed by atoms with van der Waals surface area (Å²) >= 11 is 0. The minimum absolute atomic E-state index is 0.141. The van der Waals surface area contributed by atoms with Crippen molar-refractivity contribution in [3.63, 3.8) is 0 Å². The Morgan fingerprint density at radius 1 is 1.07 bits per heavy atom. The lowest BCUT2D eigenvalue weighted by Crippen LogP contribution is -2.32. The summed E-state index contributed by atoms with van der Waals surface area (Å²) < 4.78 is 0. The van der Waals surface area contributed by atoms with Crippen molar-refractivity contribution in [2.75, 3.05) is 10.0 Å². The van der Waals surface area contributed by atoms with Crippen molar-refractivity contribution in [3.8, 4) is 0 Å². The van der Waals surface area contributed by atoms with E-state index in [2.05, 4.69) is 9.97 Å². The monoisotopic (exact) mass is 196 g/mol. The van der Waals surface area contributed by atoms with Gasteiger partial charge in [0.05, 0.1) is 0 Å². The molecule has 1 aromatic rings. The molecule has 14 heavy (non-hydrogen) atoms. The Morgan fingerprint density at radius 3 is 1.86 bits per heavy atom. The third-order valence-corrected chi connectivity index (χ3v) is 1.39. The van der Waals surface area contributed by atoms with Crippen LogP contribution >= 0.6 is 0 Å². The van der Waals surface area contributed by atoms with Crippen molar-refractivity contribution in [1.29, 1.82) is 0 Å². The van der Waals surface area contributed by atoms with E-state index in [-0.39, 0.29) is 11.6 Å². The van der Waals surface area contributed by atoms with Crippen molar-refractivity contribution < 1.29 is 9.59 Å². The molecule has 0 bridgehead atoms. The predicted molar refractivity (Wildman–Crippen MR) is 47.5 cm³/mol. The topological polar surface area (TPSA) is 118 Å². The molecule has 0 aliphatic rings. The van der Waals surface area contributed by atoms with Gasteiger partial charge in [-0.05, 0) is 0 Å². The molecular formula is C6H8N6O2. The molecule has 0 saturated carbocycles. The predicted octanol–water partition coefficient (Wildman–Crippen LogP) is -1.85. The van der Waals surface area contributed by atoms with Gasteiger partial charge in [-0.1, -0.05) is 0 Å². The molecule has 4 N–H and O–H groups in total. The van der Waals surface area contributed by atoms with Gasteiger partial charge in [-0.15, -0.1) is 0 Å². The standard InChI is InChI=1S/C6H8N6O2/c7-11(3-13)5-1-6(10-2-9-5)12(8)4-14/h1-4H,7-8H2. The Kier molecular flexibility index (Phi) is 3.05. The molecule has 0 aromatic carbocycles. The van der Waals surface area contributed by atoms with Crippen molar-refractivity contribution in [3.05, 3.63) is 12.4 Å². The van der Waals surface area contributed by atoms with E-state index >= 15 is 0 Å². The van der Waals surface area contributed by atoms with Crippen LogP contribution in [0.3, 0.4) is 0 Å². The van der Waals surface area contributed by atoms with Crippen LogP contribution in [0.4, 0.5) is 11.6 Å². The minimum atomic E-state index is 0.141. The van der Waals surface area contributed by atoms with Crippen LogP contribution in [-0.4, -0.2) is 22.8 Å². The zero-order valence-corrected chi connectivity index (χ0v) is 7.07. The molecule has 1 rings (SSSR count). The van der Waals surface area contributed by atoms with Crippen LogP contribution in [0.5, 0.6) is 0 Å². The summed E-state index contributed by atoms with van der Waals surface area (Å²) in [4.78, 5) is 27.9. The summed E-state index contributed by atoms with van der Waals surface area (Å²) in [5.74, 6) is 10.7. The number of carbonyl (C=O) groups is 2. The first-order valence-electron chi connectivity index (χ1n) is 3.49. The van der Waals surface area contributed by atoms with Gasteiger partial charge < -0.3 is 0 Å². The Hall–Kier alpha value is -2.06. The van der Waals surface area contributed by atoms with Gasteiger partial charge in [-0.3, -0.25) is 9.59 Å². The van der Waals surface area contributed by atoms with Crippen LogP contribution in [-0.2, 0) is 9.59 Å². The second kappa shape index (κ2) is 4.25. The number of hydrazine groups is 2. The van der Waals surface area contributed by atoms with E-state index < -0.39 is 0 Å². The van der Waals surface area contributed by atoms with Crippen molar-refractivity contribution >= 4 is 24.5 Å². The molecule has 1 heterocycles. The molecule has 0 fully saturated rings. The second-order valence-corrected chi connectivity index (χ2v) is 2.26. The molecule has 8 heteroatoms. The summed E-state index contributed by atoms with van der Waals surface area (Å²) in [6.07, 6.45) is 1.87. The summed E-state index contributed by atoms with van der Waals surface area (Å²) in [7, 11) is 0. The highest BCUT2D eigenvalue weighted by Gasteiger charge is 2.06. The lowest BCUT2D eigenvalue weighted by atomic mass is 10.5. The number of carbonyl (C=O) groups excluding carboxylic acids is 2. The SMILES string of the molecule is NN(C=O)c1cc(N(N)C=O)ncn1. The van der Waals surface area contributed by atoms with Gasteiger partial charge in [0, 0.05) is 6.07 Å². The van der Waals surface area contributed by atoms with Crippen molar-refractivity contribution in [1.82, 2.24) is 9.97 Å². The molecule has 0 saturated heterocycles. The van der Waals surface area contributed by atoms with Gasteiger partial charge in [0.2, 0.25) is 12.8 Å². The Balaban J connectivity index is 3.00. The third kappa shape index (κ3) is 2.00. The Morgan fingerprint density at radius 2 is 1.50 bits per heavy atom. The van der Waals surface area contributed by atoms with E-state index in [0.29, 0.717) is 12.8 Å². The highest BCUT2D eigenvalue weighted by Crippen LogP contribution is 2.11. The normalized spacial score (nSPS) is 9.29. The number of nitrogens with zero attached hydrogens (tertiary/aromatic N) is 4. The molecular weight excluding hydrogens is 188 g/mol. The third-order valence-electron chi connectivity index (χ3n) is 1.39. The van der Waals surface area contributed by atoms with Gasteiger partial charge in [0.15, 0.2) is 11.6 Å². The number of nitrogens with two attached hydrogens (primary N) is 2. The van der Waals surface area contributed by atoms with Gasteiger partial charge in [-0.25, -0.2) is 31.7 Å². The molecule has 1 aromatic heterocycles. The smallest absolute Gasteiger partial charge is 0.229 e. The average molecular weight is 196 g/mol. The van der Waals surface area contributed by atoms with Crippen LogP contribution in [0.1, 0.15) is 0 Å². The first kappa shape index (κ1) is 10.0. The van der Waals surface area contributed by atoms with Crippen molar-refractivity contribution in [2.24, 2.45) is 11.7 Å². The van der Waals surface area contributed by atoms with E-state index in [4.69, 9.17) is 11.7 Å². The molecule has 8 nitrogen and oxygen atoms in total. The molecule has 0 spiro atoms. The molecule has 2 amide bonds. The summed E-state index contributed by atoms with van der Waals surface area (Å²) in [6.45, 7) is 0. The molecule has 74 valence electrons. The fourth-order valence-electron chi connectivity index (χ4n) is 0.728. The van der Waals surface area contributed by atoms with E-state index in [9.17, 15) is 9.59 Å². The van der Waals surface area contributed by atoms with Crippen LogP contribution in [0, 0.1) is 0 Å². The number of hydrogen-bond acceptors (Lipinski definition) is 6. The first-order chi connectivity index (χ1) is 6.69. The fourth-order valence-corrected chi connectivity index (χ4v) is 0.728. The number of anilines is 2. The zero-order valence-electron chi connectivity index (χ0n) is 7.07. The molecule has 0 aliphatic carbocycles. The van der Waals surface area contributed by atoms with Crippen LogP contribution in [0.15, 0.2) is 12.4 Å². The molecule has 0 atom stereocenters. The van der Waals surface area contributed by atoms with Crippen LogP contribution < -0.4 is 21.7 Å². The van der Waals surface area contributed by atoms with Crippen LogP contribution in [0.25, 0.3) is 0 Å². The lowest BCUT2D eigenvalue weighted by Gasteiger charge is -2.12. The van der Waals surface area contributed by atoms with E-state index in [1.807, 2.05) is 0 Å². The summed E-state index contributed by atoms with van der Waals surface area (Å²) in [5.41, 5.74) is 0. The van der Waals surface area contributed by atoms with Crippen molar-refractivity contribution in [2.45, 2.75) is 0 Å². The molecule has 0 radical (unpaired) electrons.